The molecule has 1 atom stereocenters. The Bertz CT molecular complexity index is 691. The van der Waals surface area contributed by atoms with Gasteiger partial charge < -0.3 is 19.6 Å². The molecule has 3 rings (SSSR count). The summed E-state index contributed by atoms with van der Waals surface area (Å²) in [6.07, 6.45) is 0. The number of carboxylic acids is 1. The number of rotatable bonds is 4. The molecular formula is C15H13NO5. The second-order valence-corrected chi connectivity index (χ2v) is 4.69. The highest BCUT2D eigenvalue weighted by Crippen LogP contribution is 2.33. The fourth-order valence-corrected chi connectivity index (χ4v) is 2.26. The largest absolute Gasteiger partial charge is 0.492 e. The van der Waals surface area contributed by atoms with Crippen molar-refractivity contribution in [3.63, 3.8) is 0 Å². The Morgan fingerprint density at radius 2 is 2.05 bits per heavy atom. The minimum Gasteiger partial charge on any atom is -0.492 e. The third-order valence-corrected chi connectivity index (χ3v) is 3.33. The molecule has 1 unspecified atom stereocenters. The normalized spacial score (nSPS) is 16.1. The zero-order valence-corrected chi connectivity index (χ0v) is 11.0. The molecule has 2 N–H and O–H groups in total. The van der Waals surface area contributed by atoms with Gasteiger partial charge in [-0.2, -0.15) is 0 Å². The highest BCUT2D eigenvalue weighted by molar-refractivity contribution is 5.85. The Morgan fingerprint density at radius 1 is 1.24 bits per heavy atom. The van der Waals surface area contributed by atoms with Crippen molar-refractivity contribution < 1.29 is 23.8 Å². The van der Waals surface area contributed by atoms with E-state index in [1.165, 1.54) is 12.1 Å². The van der Waals surface area contributed by atoms with E-state index in [-0.39, 0.29) is 24.1 Å². The van der Waals surface area contributed by atoms with E-state index in [0.29, 0.717) is 12.4 Å². The van der Waals surface area contributed by atoms with E-state index in [1.807, 2.05) is 24.3 Å². The highest BCUT2D eigenvalue weighted by atomic mass is 16.5. The predicted molar refractivity (Wildman–Crippen MR) is 72.2 cm³/mol. The molecule has 1 aromatic carbocycles. The minimum absolute atomic E-state index is 0.144. The third-order valence-electron chi connectivity index (χ3n) is 3.33. The number of carboxylic acid groups (broad SMARTS) is 1. The van der Waals surface area contributed by atoms with Crippen molar-refractivity contribution >= 4 is 11.9 Å². The van der Waals surface area contributed by atoms with Gasteiger partial charge in [-0.1, -0.05) is 18.2 Å². The minimum atomic E-state index is -1.13. The summed E-state index contributed by atoms with van der Waals surface area (Å²) in [6.45, 7) is 0.453. The summed E-state index contributed by atoms with van der Waals surface area (Å²) < 4.78 is 10.5. The van der Waals surface area contributed by atoms with Crippen molar-refractivity contribution in [1.29, 1.82) is 0 Å². The molecule has 1 aromatic heterocycles. The molecule has 0 radical (unpaired) electrons. The maximum absolute atomic E-state index is 12.2. The zero-order chi connectivity index (χ0) is 14.8. The second-order valence-electron chi connectivity index (χ2n) is 4.69. The standard InChI is InChI=1S/C15H13NO5/c17-14(11-8-20-12-4-2-1-3-10(11)12)16-7-9-5-6-13(21-9)15(18)19/h1-6,11H,7-8H2,(H,16,17)(H,18,19). The van der Waals surface area contributed by atoms with Gasteiger partial charge in [-0.3, -0.25) is 4.79 Å². The Morgan fingerprint density at radius 3 is 2.81 bits per heavy atom. The number of carbonyl (C=O) groups excluding carboxylic acids is 1. The smallest absolute Gasteiger partial charge is 0.371 e. The molecule has 108 valence electrons. The summed E-state index contributed by atoms with van der Waals surface area (Å²) in [4.78, 5) is 22.9. The lowest BCUT2D eigenvalue weighted by molar-refractivity contribution is -0.123. The lowest BCUT2D eigenvalue weighted by atomic mass is 10.0. The topological polar surface area (TPSA) is 88.8 Å². The van der Waals surface area contributed by atoms with E-state index in [0.717, 1.165) is 11.3 Å². The maximum Gasteiger partial charge on any atom is 0.371 e. The van der Waals surface area contributed by atoms with Gasteiger partial charge in [0.2, 0.25) is 11.7 Å². The summed E-state index contributed by atoms with van der Waals surface area (Å²) in [7, 11) is 0. The quantitative estimate of drug-likeness (QED) is 0.894. The van der Waals surface area contributed by atoms with Crippen LogP contribution in [0.3, 0.4) is 0 Å². The van der Waals surface area contributed by atoms with E-state index >= 15 is 0 Å². The highest BCUT2D eigenvalue weighted by Gasteiger charge is 2.29. The number of para-hydroxylation sites is 1. The van der Waals surface area contributed by atoms with E-state index in [4.69, 9.17) is 14.3 Å². The number of hydrogen-bond donors (Lipinski definition) is 2. The van der Waals surface area contributed by atoms with Crippen LogP contribution >= 0.6 is 0 Å². The molecule has 0 aliphatic carbocycles. The van der Waals surface area contributed by atoms with Crippen molar-refractivity contribution in [1.82, 2.24) is 5.32 Å². The summed E-state index contributed by atoms with van der Waals surface area (Å²) in [6, 6.07) is 10.3. The van der Waals surface area contributed by atoms with Crippen LogP contribution in [0, 0.1) is 0 Å². The van der Waals surface area contributed by atoms with Crippen molar-refractivity contribution in [2.75, 3.05) is 6.61 Å². The molecule has 2 heterocycles. The van der Waals surface area contributed by atoms with E-state index in [2.05, 4.69) is 5.32 Å². The lowest BCUT2D eigenvalue weighted by Crippen LogP contribution is -2.29. The first-order valence-corrected chi connectivity index (χ1v) is 6.46. The first kappa shape index (κ1) is 13.2. The fourth-order valence-electron chi connectivity index (χ4n) is 2.26. The number of benzene rings is 1. The number of aromatic carboxylic acids is 1. The predicted octanol–water partition coefficient (Wildman–Crippen LogP) is 1.77. The van der Waals surface area contributed by atoms with Crippen molar-refractivity contribution in [3.8, 4) is 5.75 Å². The van der Waals surface area contributed by atoms with Crippen LogP contribution in [0.4, 0.5) is 0 Å². The van der Waals surface area contributed by atoms with Gasteiger partial charge in [0.05, 0.1) is 6.54 Å². The summed E-state index contributed by atoms with van der Waals surface area (Å²) in [5.41, 5.74) is 0.862. The molecule has 1 amide bonds. The molecule has 2 aromatic rings. The molecule has 0 saturated heterocycles. The molecule has 6 nitrogen and oxygen atoms in total. The SMILES string of the molecule is O=C(O)c1ccc(CNC(=O)C2COc3ccccc32)o1. The van der Waals surface area contributed by atoms with Crippen LogP contribution in [0.15, 0.2) is 40.8 Å². The van der Waals surface area contributed by atoms with Crippen LogP contribution in [0.2, 0.25) is 0 Å². The molecule has 0 bridgehead atoms. The van der Waals surface area contributed by atoms with Crippen molar-refractivity contribution in [3.05, 3.63) is 53.5 Å². The molecule has 6 heteroatoms. The molecule has 0 fully saturated rings. The molecule has 1 aliphatic rings. The average molecular weight is 287 g/mol. The molecule has 1 aliphatic heterocycles. The van der Waals surface area contributed by atoms with Gasteiger partial charge in [-0.15, -0.1) is 0 Å². The van der Waals surface area contributed by atoms with Crippen LogP contribution in [0.5, 0.6) is 5.75 Å². The van der Waals surface area contributed by atoms with Gasteiger partial charge in [-0.05, 0) is 18.2 Å². The first-order chi connectivity index (χ1) is 10.1. The molecule has 0 saturated carbocycles. The van der Waals surface area contributed by atoms with E-state index < -0.39 is 5.97 Å². The fraction of sp³-hybridized carbons (Fsp3) is 0.200. The summed E-state index contributed by atoms with van der Waals surface area (Å²) in [5, 5.41) is 11.5. The number of amides is 1. The maximum atomic E-state index is 12.2. The van der Waals surface area contributed by atoms with Gasteiger partial charge in [0.1, 0.15) is 24.0 Å². The van der Waals surface area contributed by atoms with Gasteiger partial charge in [0, 0.05) is 5.56 Å². The van der Waals surface area contributed by atoms with Crippen molar-refractivity contribution in [2.45, 2.75) is 12.5 Å². The van der Waals surface area contributed by atoms with Crippen LogP contribution in [0.25, 0.3) is 0 Å². The van der Waals surface area contributed by atoms with E-state index in [9.17, 15) is 9.59 Å². The summed E-state index contributed by atoms with van der Waals surface area (Å²) >= 11 is 0. The summed E-state index contributed by atoms with van der Waals surface area (Å²) in [5.74, 6) is -0.681. The van der Waals surface area contributed by atoms with Crippen LogP contribution in [-0.2, 0) is 11.3 Å². The number of furan rings is 1. The number of hydrogen-bond acceptors (Lipinski definition) is 4. The van der Waals surface area contributed by atoms with Gasteiger partial charge >= 0.3 is 5.97 Å². The third kappa shape index (κ3) is 2.60. The molecular weight excluding hydrogens is 274 g/mol. The van der Waals surface area contributed by atoms with Crippen molar-refractivity contribution in [2.24, 2.45) is 0 Å². The average Bonchev–Trinajstić information content (AvgIpc) is 3.11. The second kappa shape index (κ2) is 5.32. The Labute approximate surface area is 120 Å². The van der Waals surface area contributed by atoms with Crippen LogP contribution in [0.1, 0.15) is 27.8 Å². The monoisotopic (exact) mass is 287 g/mol. The Hall–Kier alpha value is -2.76. The van der Waals surface area contributed by atoms with Gasteiger partial charge in [0.15, 0.2) is 0 Å². The Balaban J connectivity index is 1.63. The molecule has 21 heavy (non-hydrogen) atoms. The number of fused-ring (bicyclic) bond motifs is 1. The van der Waals surface area contributed by atoms with Crippen LogP contribution < -0.4 is 10.1 Å². The van der Waals surface area contributed by atoms with Gasteiger partial charge in [-0.25, -0.2) is 4.79 Å². The molecule has 0 spiro atoms. The van der Waals surface area contributed by atoms with E-state index in [1.54, 1.807) is 0 Å². The lowest BCUT2D eigenvalue weighted by Gasteiger charge is -2.09. The van der Waals surface area contributed by atoms with Gasteiger partial charge in [0.25, 0.3) is 0 Å². The van der Waals surface area contributed by atoms with Crippen LogP contribution in [-0.4, -0.2) is 23.6 Å². The number of carbonyl (C=O) groups is 2. The number of ether oxygens (including phenoxy) is 1. The zero-order valence-electron chi connectivity index (χ0n) is 11.0. The first-order valence-electron chi connectivity index (χ1n) is 6.46. The number of nitrogens with one attached hydrogen (secondary N) is 1. The Kier molecular flexibility index (Phi) is 3.35.